The van der Waals surface area contributed by atoms with Crippen molar-refractivity contribution in [2.45, 2.75) is 45.1 Å². The molecule has 7 nitrogen and oxygen atoms in total. The molecule has 10 heteroatoms. The minimum absolute atomic E-state index is 0.0995. The second-order valence-corrected chi connectivity index (χ2v) is 5.85. The van der Waals surface area contributed by atoms with Crippen molar-refractivity contribution in [3.05, 3.63) is 17.8 Å². The van der Waals surface area contributed by atoms with E-state index in [9.17, 15) is 18.0 Å². The third kappa shape index (κ3) is 7.75. The lowest BCUT2D eigenvalue weighted by atomic mass is 10.2. The molecule has 0 saturated heterocycles. The second kappa shape index (κ2) is 7.55. The standard InChI is InChI=1S/C13H20F3N5O2/c1-12(2,3)23-11(22)20-10-4-8(6-19-21-10)5-18-7-9(17)13(14,15)16/h4,6,9,18H,5,7,17H2,1-3H3,(H,20,21,22). The summed E-state index contributed by atoms with van der Waals surface area (Å²) in [6, 6.07) is -0.472. The average Bonchev–Trinajstić information content (AvgIpc) is 2.35. The van der Waals surface area contributed by atoms with Gasteiger partial charge in [0.25, 0.3) is 0 Å². The number of anilines is 1. The molecule has 0 aliphatic rings. The highest BCUT2D eigenvalue weighted by Gasteiger charge is 2.36. The van der Waals surface area contributed by atoms with Gasteiger partial charge in [0.2, 0.25) is 0 Å². The van der Waals surface area contributed by atoms with Crippen LogP contribution in [0.5, 0.6) is 0 Å². The maximum absolute atomic E-state index is 12.3. The Bertz CT molecular complexity index is 531. The Morgan fingerprint density at radius 1 is 1.39 bits per heavy atom. The van der Waals surface area contributed by atoms with Crippen LogP contribution >= 0.6 is 0 Å². The SMILES string of the molecule is CC(C)(C)OC(=O)Nc1cc(CNCC(N)C(F)(F)F)cnn1. The molecule has 0 fully saturated rings. The van der Waals surface area contributed by atoms with Gasteiger partial charge >= 0.3 is 12.3 Å². The monoisotopic (exact) mass is 335 g/mol. The number of nitrogens with zero attached hydrogens (tertiary/aromatic N) is 2. The summed E-state index contributed by atoms with van der Waals surface area (Å²) in [7, 11) is 0. The highest BCUT2D eigenvalue weighted by atomic mass is 19.4. The fraction of sp³-hybridized carbons (Fsp3) is 0.615. The number of nitrogens with one attached hydrogen (secondary N) is 2. The van der Waals surface area contributed by atoms with Gasteiger partial charge in [-0.2, -0.15) is 18.3 Å². The Morgan fingerprint density at radius 3 is 2.61 bits per heavy atom. The molecule has 4 N–H and O–H groups in total. The molecule has 1 rings (SSSR count). The van der Waals surface area contributed by atoms with E-state index in [2.05, 4.69) is 20.8 Å². The Hall–Kier alpha value is -1.94. The van der Waals surface area contributed by atoms with Crippen molar-refractivity contribution in [2.75, 3.05) is 11.9 Å². The van der Waals surface area contributed by atoms with Crippen LogP contribution in [-0.2, 0) is 11.3 Å². The number of rotatable bonds is 5. The van der Waals surface area contributed by atoms with E-state index in [0.717, 1.165) is 0 Å². The molecule has 0 aliphatic carbocycles. The molecule has 1 unspecified atom stereocenters. The van der Waals surface area contributed by atoms with Gasteiger partial charge in [-0.05, 0) is 32.4 Å². The quantitative estimate of drug-likeness (QED) is 0.758. The van der Waals surface area contributed by atoms with Crippen LogP contribution in [0.3, 0.4) is 0 Å². The summed E-state index contributed by atoms with van der Waals surface area (Å²) in [6.45, 7) is 4.80. The number of aromatic nitrogens is 2. The van der Waals surface area contributed by atoms with Crippen LogP contribution in [0.25, 0.3) is 0 Å². The summed E-state index contributed by atoms with van der Waals surface area (Å²) in [6.07, 6.45) is -3.78. The van der Waals surface area contributed by atoms with Gasteiger partial charge in [0, 0.05) is 13.1 Å². The van der Waals surface area contributed by atoms with Gasteiger partial charge < -0.3 is 15.8 Å². The van der Waals surface area contributed by atoms with Gasteiger partial charge in [0.15, 0.2) is 5.82 Å². The maximum atomic E-state index is 12.3. The molecule has 0 saturated carbocycles. The zero-order valence-corrected chi connectivity index (χ0v) is 13.1. The third-order valence-electron chi connectivity index (χ3n) is 2.45. The second-order valence-electron chi connectivity index (χ2n) is 5.85. The summed E-state index contributed by atoms with van der Waals surface area (Å²) in [5, 5.41) is 12.3. The molecule has 1 amide bonds. The van der Waals surface area contributed by atoms with E-state index in [-0.39, 0.29) is 12.4 Å². The lowest BCUT2D eigenvalue weighted by Gasteiger charge is -2.19. The van der Waals surface area contributed by atoms with E-state index in [1.165, 1.54) is 12.3 Å². The first-order valence-electron chi connectivity index (χ1n) is 6.82. The third-order valence-corrected chi connectivity index (χ3v) is 2.45. The van der Waals surface area contributed by atoms with Gasteiger partial charge in [0.05, 0.1) is 6.20 Å². The van der Waals surface area contributed by atoms with E-state index in [1.807, 2.05) is 0 Å². The van der Waals surface area contributed by atoms with Crippen molar-refractivity contribution < 1.29 is 22.7 Å². The largest absolute Gasteiger partial charge is 0.444 e. The maximum Gasteiger partial charge on any atom is 0.413 e. The Labute approximate surface area is 131 Å². The van der Waals surface area contributed by atoms with E-state index in [0.29, 0.717) is 5.56 Å². The first-order valence-corrected chi connectivity index (χ1v) is 6.82. The molecule has 130 valence electrons. The zero-order valence-electron chi connectivity index (χ0n) is 13.1. The van der Waals surface area contributed by atoms with Crippen molar-refractivity contribution in [1.29, 1.82) is 0 Å². The fourth-order valence-corrected chi connectivity index (χ4v) is 1.46. The molecule has 0 aliphatic heterocycles. The summed E-state index contributed by atoms with van der Waals surface area (Å²) in [4.78, 5) is 11.6. The van der Waals surface area contributed by atoms with Crippen molar-refractivity contribution in [2.24, 2.45) is 5.73 Å². The van der Waals surface area contributed by atoms with Crippen LogP contribution in [-0.4, -0.2) is 40.7 Å². The predicted octanol–water partition coefficient (Wildman–Crippen LogP) is 1.80. The van der Waals surface area contributed by atoms with Gasteiger partial charge in [-0.1, -0.05) is 0 Å². The molecular weight excluding hydrogens is 315 g/mol. The summed E-state index contributed by atoms with van der Waals surface area (Å²) < 4.78 is 41.9. The number of amides is 1. The van der Waals surface area contributed by atoms with Crippen LogP contribution in [0.2, 0.25) is 0 Å². The van der Waals surface area contributed by atoms with Crippen molar-refractivity contribution in [1.82, 2.24) is 15.5 Å². The number of carbonyl (C=O) groups excluding carboxylic acids is 1. The lowest BCUT2D eigenvalue weighted by molar-refractivity contribution is -0.146. The van der Waals surface area contributed by atoms with Gasteiger partial charge in [-0.15, -0.1) is 5.10 Å². The van der Waals surface area contributed by atoms with Gasteiger partial charge in [0.1, 0.15) is 11.6 Å². The summed E-state index contributed by atoms with van der Waals surface area (Å²) in [5.74, 6) is 0.138. The van der Waals surface area contributed by atoms with E-state index in [4.69, 9.17) is 10.5 Å². The molecule has 1 aromatic heterocycles. The number of nitrogens with two attached hydrogens (primary N) is 1. The molecule has 0 radical (unpaired) electrons. The van der Waals surface area contributed by atoms with Crippen LogP contribution in [0.1, 0.15) is 26.3 Å². The fourth-order valence-electron chi connectivity index (χ4n) is 1.46. The lowest BCUT2D eigenvalue weighted by Crippen LogP contribution is -2.45. The average molecular weight is 335 g/mol. The molecule has 1 aromatic rings. The number of carbonyl (C=O) groups is 1. The summed E-state index contributed by atoms with van der Waals surface area (Å²) in [5.41, 5.74) is 4.86. The van der Waals surface area contributed by atoms with Gasteiger partial charge in [-0.25, -0.2) is 4.79 Å². The van der Waals surface area contributed by atoms with Gasteiger partial charge in [-0.3, -0.25) is 5.32 Å². The Balaban J connectivity index is 2.52. The number of alkyl halides is 3. The molecule has 1 atom stereocenters. The molecule has 0 aromatic carbocycles. The number of hydrogen-bond acceptors (Lipinski definition) is 6. The zero-order chi connectivity index (χ0) is 17.7. The smallest absolute Gasteiger partial charge is 0.413 e. The molecule has 1 heterocycles. The van der Waals surface area contributed by atoms with Crippen LogP contribution in [0.4, 0.5) is 23.8 Å². The summed E-state index contributed by atoms with van der Waals surface area (Å²) >= 11 is 0. The first-order chi connectivity index (χ1) is 10.5. The molecule has 0 bridgehead atoms. The van der Waals surface area contributed by atoms with E-state index >= 15 is 0 Å². The van der Waals surface area contributed by atoms with Crippen molar-refractivity contribution >= 4 is 11.9 Å². The topological polar surface area (TPSA) is 102 Å². The number of ether oxygens (including phenoxy) is 1. The predicted molar refractivity (Wildman–Crippen MR) is 77.6 cm³/mol. The van der Waals surface area contributed by atoms with Crippen LogP contribution in [0.15, 0.2) is 12.3 Å². The highest BCUT2D eigenvalue weighted by molar-refractivity contribution is 5.83. The first kappa shape index (κ1) is 19.1. The number of halogens is 3. The Morgan fingerprint density at radius 2 is 2.04 bits per heavy atom. The number of hydrogen-bond donors (Lipinski definition) is 3. The Kier molecular flexibility index (Phi) is 6.28. The molecule has 23 heavy (non-hydrogen) atoms. The highest BCUT2D eigenvalue weighted by Crippen LogP contribution is 2.17. The molecular formula is C13H20F3N5O2. The minimum Gasteiger partial charge on any atom is -0.444 e. The van der Waals surface area contributed by atoms with Crippen LogP contribution < -0.4 is 16.4 Å². The minimum atomic E-state index is -4.45. The molecule has 0 spiro atoms. The van der Waals surface area contributed by atoms with E-state index in [1.54, 1.807) is 20.8 Å². The van der Waals surface area contributed by atoms with Crippen molar-refractivity contribution in [3.8, 4) is 0 Å². The normalized spacial score (nSPS) is 13.5. The van der Waals surface area contributed by atoms with E-state index < -0.39 is 30.5 Å². The van der Waals surface area contributed by atoms with Crippen LogP contribution in [0, 0.1) is 0 Å². The van der Waals surface area contributed by atoms with Crippen molar-refractivity contribution in [3.63, 3.8) is 0 Å².